The highest BCUT2D eigenvalue weighted by atomic mass is 32.1. The Balaban J connectivity index is 1.33. The van der Waals surface area contributed by atoms with Gasteiger partial charge >= 0.3 is 0 Å². The van der Waals surface area contributed by atoms with E-state index in [1.54, 1.807) is 0 Å². The molecule has 0 atom stereocenters. The number of benzene rings is 6. The second-order valence-corrected chi connectivity index (χ2v) is 12.3. The van der Waals surface area contributed by atoms with Crippen LogP contribution in [0.2, 0.25) is 0 Å². The van der Waals surface area contributed by atoms with Crippen molar-refractivity contribution in [1.82, 2.24) is 4.57 Å². The van der Waals surface area contributed by atoms with Crippen LogP contribution in [0.1, 0.15) is 0 Å². The van der Waals surface area contributed by atoms with Gasteiger partial charge in [0.1, 0.15) is 0 Å². The highest BCUT2D eigenvalue weighted by molar-refractivity contribution is 7.28. The van der Waals surface area contributed by atoms with E-state index >= 15 is 0 Å². The lowest BCUT2D eigenvalue weighted by molar-refractivity contribution is 1.18. The molecule has 0 aliphatic carbocycles. The molecule has 9 aromatic rings. The van der Waals surface area contributed by atoms with Gasteiger partial charge in [-0.2, -0.15) is 0 Å². The van der Waals surface area contributed by atoms with Gasteiger partial charge in [0.05, 0.1) is 11.0 Å². The predicted octanol–water partition coefficient (Wildman–Crippen LogP) is 11.2. The summed E-state index contributed by atoms with van der Waals surface area (Å²) in [6.45, 7) is 0. The second kappa shape index (κ2) is 8.03. The van der Waals surface area contributed by atoms with Crippen LogP contribution in [0.25, 0.3) is 79.0 Å². The molecule has 0 bridgehead atoms. The summed E-state index contributed by atoms with van der Waals surface area (Å²) in [5.41, 5.74) is 6.16. The summed E-state index contributed by atoms with van der Waals surface area (Å²) < 4.78 is 7.82. The van der Waals surface area contributed by atoms with Gasteiger partial charge < -0.3 is 4.57 Å². The molecule has 0 aliphatic heterocycles. The largest absolute Gasteiger partial charge is 0.309 e. The number of hydrogen-bond donors (Lipinski definition) is 0. The average molecular weight is 532 g/mol. The van der Waals surface area contributed by atoms with E-state index in [4.69, 9.17) is 0 Å². The number of hydrogen-bond acceptors (Lipinski definition) is 2. The van der Waals surface area contributed by atoms with Gasteiger partial charge in [-0.1, -0.05) is 72.8 Å². The lowest BCUT2D eigenvalue weighted by Gasteiger charge is -2.09. The van der Waals surface area contributed by atoms with E-state index in [1.165, 1.54) is 79.0 Å². The third-order valence-electron chi connectivity index (χ3n) is 8.00. The Hall–Kier alpha value is -4.44. The smallest absolute Gasteiger partial charge is 0.0547 e. The quantitative estimate of drug-likeness (QED) is 0.209. The maximum Gasteiger partial charge on any atom is 0.0547 e. The molecule has 0 saturated carbocycles. The molecule has 0 unspecified atom stereocenters. The predicted molar refractivity (Wildman–Crippen MR) is 172 cm³/mol. The van der Waals surface area contributed by atoms with Gasteiger partial charge in [0.15, 0.2) is 0 Å². The van der Waals surface area contributed by atoms with Crippen LogP contribution in [-0.2, 0) is 0 Å². The minimum atomic E-state index is 1.19. The Kier molecular flexibility index (Phi) is 4.43. The van der Waals surface area contributed by atoms with Crippen LogP contribution in [-0.4, -0.2) is 4.57 Å². The van der Waals surface area contributed by atoms with Gasteiger partial charge in [-0.05, 0) is 65.7 Å². The fourth-order valence-corrected chi connectivity index (χ4v) is 8.48. The van der Waals surface area contributed by atoms with Crippen molar-refractivity contribution < 1.29 is 0 Å². The monoisotopic (exact) mass is 531 g/mol. The number of fused-ring (bicyclic) bond motifs is 10. The zero-order valence-electron chi connectivity index (χ0n) is 20.9. The highest BCUT2D eigenvalue weighted by Crippen LogP contribution is 2.45. The van der Waals surface area contributed by atoms with E-state index in [9.17, 15) is 0 Å². The molecule has 3 heterocycles. The summed E-state index contributed by atoms with van der Waals surface area (Å²) in [5, 5.41) is 8.08. The van der Waals surface area contributed by atoms with Crippen molar-refractivity contribution in [3.05, 3.63) is 127 Å². The SMILES string of the molecule is c1ccc(-n2c3ccccc3c3ccc(-c4ccc5sc6ccc7sc8ccccc8c7c6c5c4)cc32)cc1. The molecule has 0 saturated heterocycles. The van der Waals surface area contributed by atoms with Crippen molar-refractivity contribution in [1.29, 1.82) is 0 Å². The second-order valence-electron chi connectivity index (χ2n) is 10.1. The Morgan fingerprint density at radius 2 is 0.974 bits per heavy atom. The van der Waals surface area contributed by atoms with Gasteiger partial charge in [0, 0.05) is 56.8 Å². The van der Waals surface area contributed by atoms with Crippen LogP contribution in [0, 0.1) is 0 Å². The molecule has 0 radical (unpaired) electrons. The Labute approximate surface area is 232 Å². The van der Waals surface area contributed by atoms with E-state index in [0.717, 1.165) is 0 Å². The maximum atomic E-state index is 2.41. The minimum Gasteiger partial charge on any atom is -0.309 e. The topological polar surface area (TPSA) is 4.93 Å². The molecule has 3 heteroatoms. The van der Waals surface area contributed by atoms with E-state index in [1.807, 2.05) is 22.7 Å². The lowest BCUT2D eigenvalue weighted by Crippen LogP contribution is -1.93. The first kappa shape index (κ1) is 21.5. The van der Waals surface area contributed by atoms with Gasteiger partial charge in [-0.3, -0.25) is 0 Å². The van der Waals surface area contributed by atoms with Gasteiger partial charge in [0.25, 0.3) is 0 Å². The normalized spacial score (nSPS) is 12.1. The highest BCUT2D eigenvalue weighted by Gasteiger charge is 2.16. The van der Waals surface area contributed by atoms with E-state index < -0.39 is 0 Å². The Morgan fingerprint density at radius 1 is 0.385 bits per heavy atom. The van der Waals surface area contributed by atoms with Crippen LogP contribution in [0.3, 0.4) is 0 Å². The van der Waals surface area contributed by atoms with Crippen molar-refractivity contribution in [2.75, 3.05) is 0 Å². The van der Waals surface area contributed by atoms with E-state index in [2.05, 4.69) is 132 Å². The first-order valence-corrected chi connectivity index (χ1v) is 14.8. The van der Waals surface area contributed by atoms with Crippen molar-refractivity contribution in [2.45, 2.75) is 0 Å². The zero-order chi connectivity index (χ0) is 25.5. The fourth-order valence-electron chi connectivity index (χ4n) is 6.27. The molecule has 9 rings (SSSR count). The van der Waals surface area contributed by atoms with Crippen molar-refractivity contribution in [3.8, 4) is 16.8 Å². The minimum absolute atomic E-state index is 1.19. The van der Waals surface area contributed by atoms with Crippen LogP contribution in [0.5, 0.6) is 0 Å². The summed E-state index contributed by atoms with van der Waals surface area (Å²) in [5.74, 6) is 0. The van der Waals surface area contributed by atoms with Crippen molar-refractivity contribution in [2.24, 2.45) is 0 Å². The molecule has 182 valence electrons. The third kappa shape index (κ3) is 3.06. The summed E-state index contributed by atoms with van der Waals surface area (Å²) in [6, 6.07) is 46.8. The first-order chi connectivity index (χ1) is 19.3. The molecule has 0 amide bonds. The summed E-state index contributed by atoms with van der Waals surface area (Å²) in [7, 11) is 0. The van der Waals surface area contributed by atoms with Crippen LogP contribution in [0.15, 0.2) is 127 Å². The summed E-state index contributed by atoms with van der Waals surface area (Å²) in [6.07, 6.45) is 0. The third-order valence-corrected chi connectivity index (χ3v) is 10.3. The van der Waals surface area contributed by atoms with Crippen LogP contribution in [0.4, 0.5) is 0 Å². The standard InChI is InChI=1S/C36H21NS2/c1-2-8-24(9-3-1)37-29-12-6-4-10-25(29)26-16-14-23(21-30(26)37)22-15-17-32-28(20-22)36-34(39-32)19-18-33-35(36)27-11-5-7-13-31(27)38-33/h1-21H. The number of para-hydroxylation sites is 2. The molecular weight excluding hydrogens is 511 g/mol. The summed E-state index contributed by atoms with van der Waals surface area (Å²) in [4.78, 5) is 0. The zero-order valence-corrected chi connectivity index (χ0v) is 22.5. The van der Waals surface area contributed by atoms with Crippen molar-refractivity contribution in [3.63, 3.8) is 0 Å². The van der Waals surface area contributed by atoms with Crippen molar-refractivity contribution >= 4 is 84.8 Å². The van der Waals surface area contributed by atoms with Crippen LogP contribution < -0.4 is 0 Å². The number of rotatable bonds is 2. The molecule has 0 spiro atoms. The average Bonchev–Trinajstić information content (AvgIpc) is 3.66. The van der Waals surface area contributed by atoms with Crippen LogP contribution >= 0.6 is 22.7 Å². The fraction of sp³-hybridized carbons (Fsp3) is 0. The molecular formula is C36H21NS2. The molecule has 0 fully saturated rings. The Morgan fingerprint density at radius 3 is 1.82 bits per heavy atom. The molecule has 6 aromatic carbocycles. The number of thiophene rings is 2. The molecule has 0 N–H and O–H groups in total. The molecule has 1 nitrogen and oxygen atoms in total. The molecule has 39 heavy (non-hydrogen) atoms. The molecule has 0 aliphatic rings. The summed E-state index contributed by atoms with van der Waals surface area (Å²) >= 11 is 3.79. The molecule has 3 aromatic heterocycles. The number of nitrogens with zero attached hydrogens (tertiary/aromatic N) is 1. The van der Waals surface area contributed by atoms with Gasteiger partial charge in [-0.15, -0.1) is 22.7 Å². The first-order valence-electron chi connectivity index (χ1n) is 13.2. The Bertz CT molecular complexity index is 2390. The van der Waals surface area contributed by atoms with Gasteiger partial charge in [-0.25, -0.2) is 0 Å². The number of aromatic nitrogens is 1. The lowest BCUT2D eigenvalue weighted by atomic mass is 9.99. The van der Waals surface area contributed by atoms with Gasteiger partial charge in [0.2, 0.25) is 0 Å². The maximum absolute atomic E-state index is 2.41. The van der Waals surface area contributed by atoms with E-state index in [-0.39, 0.29) is 0 Å². The van der Waals surface area contributed by atoms with E-state index in [0.29, 0.717) is 0 Å².